The van der Waals surface area contributed by atoms with E-state index in [2.05, 4.69) is 36.1 Å². The molecule has 2 aromatic rings. The molecule has 0 radical (unpaired) electrons. The first-order chi connectivity index (χ1) is 11.9. The topological polar surface area (TPSA) is 54.9 Å². The Bertz CT molecular complexity index is 787. The van der Waals surface area contributed by atoms with Crippen LogP contribution in [0.3, 0.4) is 0 Å². The average molecular weight is 378 g/mol. The molecule has 2 heterocycles. The number of aryl methyl sites for hydroxylation is 3. The molecule has 2 aromatic heterocycles. The van der Waals surface area contributed by atoms with Gasteiger partial charge in [-0.05, 0) is 52.0 Å². The Kier molecular flexibility index (Phi) is 5.68. The highest BCUT2D eigenvalue weighted by Crippen LogP contribution is 2.36. The van der Waals surface area contributed by atoms with Crippen LogP contribution >= 0.6 is 23.1 Å². The lowest BCUT2D eigenvalue weighted by Gasteiger charge is -2.30. The van der Waals surface area contributed by atoms with Crippen molar-refractivity contribution in [2.75, 3.05) is 0 Å². The van der Waals surface area contributed by atoms with Gasteiger partial charge in [-0.15, -0.1) is 11.3 Å². The van der Waals surface area contributed by atoms with Crippen LogP contribution < -0.4 is 5.32 Å². The first kappa shape index (κ1) is 18.6. The van der Waals surface area contributed by atoms with Crippen molar-refractivity contribution in [3.63, 3.8) is 0 Å². The highest BCUT2D eigenvalue weighted by molar-refractivity contribution is 8.00. The monoisotopic (exact) mass is 377 g/mol. The van der Waals surface area contributed by atoms with E-state index in [0.717, 1.165) is 27.5 Å². The number of aromatic nitrogens is 2. The third kappa shape index (κ3) is 4.00. The van der Waals surface area contributed by atoms with Gasteiger partial charge >= 0.3 is 0 Å². The van der Waals surface area contributed by atoms with E-state index >= 15 is 0 Å². The molecule has 0 spiro atoms. The van der Waals surface area contributed by atoms with Crippen molar-refractivity contribution in [2.24, 2.45) is 5.92 Å². The van der Waals surface area contributed by atoms with Crippen LogP contribution in [0.25, 0.3) is 10.2 Å². The Morgan fingerprint density at radius 1 is 1.24 bits per heavy atom. The maximum atomic E-state index is 12.7. The number of thioether (sulfide) groups is 1. The van der Waals surface area contributed by atoms with Crippen LogP contribution in [0.4, 0.5) is 0 Å². The first-order valence-electron chi connectivity index (χ1n) is 9.08. The van der Waals surface area contributed by atoms with Crippen LogP contribution in [0.5, 0.6) is 0 Å². The molecular weight excluding hydrogens is 350 g/mol. The normalized spacial score (nSPS) is 22.1. The number of fused-ring (bicyclic) bond motifs is 1. The van der Waals surface area contributed by atoms with E-state index in [1.54, 1.807) is 23.1 Å². The van der Waals surface area contributed by atoms with Crippen LogP contribution in [-0.4, -0.2) is 27.2 Å². The van der Waals surface area contributed by atoms with E-state index < -0.39 is 0 Å². The van der Waals surface area contributed by atoms with Gasteiger partial charge in [-0.25, -0.2) is 9.97 Å². The molecule has 1 fully saturated rings. The van der Waals surface area contributed by atoms with Gasteiger partial charge in [-0.3, -0.25) is 4.79 Å². The maximum Gasteiger partial charge on any atom is 0.233 e. The van der Waals surface area contributed by atoms with Gasteiger partial charge in [-0.2, -0.15) is 0 Å². The van der Waals surface area contributed by atoms with Crippen LogP contribution in [0.1, 0.15) is 55.8 Å². The van der Waals surface area contributed by atoms with Gasteiger partial charge in [0.15, 0.2) is 0 Å². The van der Waals surface area contributed by atoms with E-state index in [-0.39, 0.29) is 11.2 Å². The molecule has 136 valence electrons. The summed E-state index contributed by atoms with van der Waals surface area (Å²) in [6.07, 6.45) is 4.82. The molecule has 1 N–H and O–H groups in total. The third-order valence-corrected chi connectivity index (χ3v) is 7.39. The van der Waals surface area contributed by atoms with Gasteiger partial charge in [0.1, 0.15) is 15.7 Å². The number of amides is 1. The Morgan fingerprint density at radius 3 is 2.68 bits per heavy atom. The lowest BCUT2D eigenvalue weighted by Crippen LogP contribution is -2.44. The molecule has 0 aliphatic heterocycles. The average Bonchev–Trinajstić information content (AvgIpc) is 2.83. The molecule has 3 atom stereocenters. The number of carbonyl (C=O) groups is 1. The quantitative estimate of drug-likeness (QED) is 0.615. The zero-order valence-corrected chi connectivity index (χ0v) is 17.3. The fraction of sp³-hybridized carbons (Fsp3) is 0.632. The van der Waals surface area contributed by atoms with Crippen LogP contribution in [0.2, 0.25) is 0 Å². The highest BCUT2D eigenvalue weighted by Gasteiger charge is 2.26. The highest BCUT2D eigenvalue weighted by atomic mass is 32.2. The van der Waals surface area contributed by atoms with Crippen molar-refractivity contribution in [1.29, 1.82) is 0 Å². The van der Waals surface area contributed by atoms with Crippen LogP contribution in [-0.2, 0) is 4.79 Å². The van der Waals surface area contributed by atoms with E-state index in [0.29, 0.717) is 12.0 Å². The lowest BCUT2D eigenvalue weighted by molar-refractivity contribution is -0.121. The van der Waals surface area contributed by atoms with Crippen molar-refractivity contribution in [1.82, 2.24) is 15.3 Å². The molecule has 3 rings (SSSR count). The fourth-order valence-corrected chi connectivity index (χ4v) is 5.65. The molecule has 0 aromatic carbocycles. The molecule has 0 unspecified atom stereocenters. The van der Waals surface area contributed by atoms with E-state index in [1.165, 1.54) is 29.7 Å². The molecule has 0 saturated heterocycles. The Hall–Kier alpha value is -1.14. The van der Waals surface area contributed by atoms with Crippen molar-refractivity contribution >= 4 is 39.2 Å². The first-order valence-corrected chi connectivity index (χ1v) is 10.8. The molecule has 1 aliphatic rings. The standard InChI is InChI=1S/C19H27N3OS2/c1-10-8-6-7-9-15(10)22-17(23)13(4)25-19-16-11(2)12(3)24-18(16)20-14(5)21-19/h10,13,15H,6-9H2,1-5H3,(H,22,23)/t10-,13-,15+/m0/s1. The van der Waals surface area contributed by atoms with Crippen molar-refractivity contribution in [3.05, 3.63) is 16.3 Å². The summed E-state index contributed by atoms with van der Waals surface area (Å²) < 4.78 is 0. The minimum Gasteiger partial charge on any atom is -0.352 e. The molecule has 25 heavy (non-hydrogen) atoms. The van der Waals surface area contributed by atoms with Gasteiger partial charge < -0.3 is 5.32 Å². The SMILES string of the molecule is Cc1nc(S[C@@H](C)C(=O)N[C@@H]2CCCC[C@@H]2C)c2c(C)c(C)sc2n1. The minimum absolute atomic E-state index is 0.123. The molecule has 6 heteroatoms. The lowest BCUT2D eigenvalue weighted by atomic mass is 9.86. The van der Waals surface area contributed by atoms with E-state index in [4.69, 9.17) is 0 Å². The van der Waals surface area contributed by atoms with Gasteiger partial charge in [-0.1, -0.05) is 31.5 Å². The molecule has 1 saturated carbocycles. The van der Waals surface area contributed by atoms with E-state index in [9.17, 15) is 4.79 Å². The second kappa shape index (κ2) is 7.62. The molecule has 4 nitrogen and oxygen atoms in total. The summed E-state index contributed by atoms with van der Waals surface area (Å²) in [4.78, 5) is 24.2. The number of carbonyl (C=O) groups excluding carboxylic acids is 1. The van der Waals surface area contributed by atoms with Crippen molar-refractivity contribution in [2.45, 2.75) is 76.6 Å². The maximum absolute atomic E-state index is 12.7. The summed E-state index contributed by atoms with van der Waals surface area (Å²) in [5.74, 6) is 1.47. The largest absolute Gasteiger partial charge is 0.352 e. The second-order valence-corrected chi connectivity index (χ2v) is 9.71. The number of hydrogen-bond acceptors (Lipinski definition) is 5. The number of nitrogens with zero attached hydrogens (tertiary/aromatic N) is 2. The van der Waals surface area contributed by atoms with Gasteiger partial charge in [0.05, 0.1) is 5.25 Å². The van der Waals surface area contributed by atoms with E-state index in [1.807, 2.05) is 13.8 Å². The minimum atomic E-state index is -0.161. The van der Waals surface area contributed by atoms with Crippen LogP contribution in [0, 0.1) is 26.7 Å². The number of nitrogens with one attached hydrogen (secondary N) is 1. The Morgan fingerprint density at radius 2 is 1.96 bits per heavy atom. The predicted octanol–water partition coefficient (Wildman–Crippen LogP) is 4.79. The molecule has 1 aliphatic carbocycles. The Balaban J connectivity index is 1.77. The summed E-state index contributed by atoms with van der Waals surface area (Å²) in [5, 5.41) is 5.16. The smallest absolute Gasteiger partial charge is 0.233 e. The van der Waals surface area contributed by atoms with Gasteiger partial charge in [0.25, 0.3) is 0 Å². The Labute approximate surface area is 158 Å². The number of thiophene rings is 1. The second-order valence-electron chi connectivity index (χ2n) is 7.18. The predicted molar refractivity (Wildman–Crippen MR) is 107 cm³/mol. The van der Waals surface area contributed by atoms with Crippen molar-refractivity contribution < 1.29 is 4.79 Å². The number of hydrogen-bond donors (Lipinski definition) is 1. The summed E-state index contributed by atoms with van der Waals surface area (Å²) >= 11 is 3.26. The summed E-state index contributed by atoms with van der Waals surface area (Å²) in [6.45, 7) is 10.4. The fourth-order valence-electron chi connectivity index (χ4n) is 3.45. The molecule has 0 bridgehead atoms. The number of rotatable bonds is 4. The summed E-state index contributed by atoms with van der Waals surface area (Å²) in [7, 11) is 0. The zero-order valence-electron chi connectivity index (χ0n) is 15.7. The van der Waals surface area contributed by atoms with Gasteiger partial charge in [0, 0.05) is 16.3 Å². The van der Waals surface area contributed by atoms with Crippen molar-refractivity contribution in [3.8, 4) is 0 Å². The molecule has 1 amide bonds. The zero-order chi connectivity index (χ0) is 18.1. The third-order valence-electron chi connectivity index (χ3n) is 5.20. The van der Waals surface area contributed by atoms with Gasteiger partial charge in [0.2, 0.25) is 5.91 Å². The summed E-state index contributed by atoms with van der Waals surface area (Å²) in [5.41, 5.74) is 1.23. The van der Waals surface area contributed by atoms with Crippen LogP contribution in [0.15, 0.2) is 5.03 Å². The summed E-state index contributed by atoms with van der Waals surface area (Å²) in [6, 6.07) is 0.321. The molecular formula is C19H27N3OS2.